The molecule has 0 amide bonds. The Balaban J connectivity index is 1.87. The molecule has 5 heteroatoms. The van der Waals surface area contributed by atoms with Crippen LogP contribution in [0.3, 0.4) is 0 Å². The second-order valence-corrected chi connectivity index (χ2v) is 8.36. The van der Waals surface area contributed by atoms with E-state index in [0.29, 0.717) is 6.42 Å². The SMILES string of the molecule is Cc1ccc(S(=O)(=O)N[C@@H](C[C@@H](N)c2ccccc2)c2ccccc2)cc1. The first kappa shape index (κ1) is 19.3. The molecule has 0 spiro atoms. The van der Waals surface area contributed by atoms with Crippen LogP contribution >= 0.6 is 0 Å². The summed E-state index contributed by atoms with van der Waals surface area (Å²) in [7, 11) is -3.66. The predicted molar refractivity (Wildman–Crippen MR) is 109 cm³/mol. The number of sulfonamides is 1. The third kappa shape index (κ3) is 5.04. The zero-order valence-corrected chi connectivity index (χ0v) is 16.1. The predicted octanol–water partition coefficient (Wildman–Crippen LogP) is 4.10. The van der Waals surface area contributed by atoms with E-state index in [0.717, 1.165) is 16.7 Å². The molecule has 0 radical (unpaired) electrons. The van der Waals surface area contributed by atoms with Crippen LogP contribution in [0, 0.1) is 6.92 Å². The molecule has 0 fully saturated rings. The van der Waals surface area contributed by atoms with E-state index in [1.807, 2.05) is 67.6 Å². The lowest BCUT2D eigenvalue weighted by atomic mass is 9.96. The third-order valence-corrected chi connectivity index (χ3v) is 6.04. The Hall–Kier alpha value is -2.47. The fraction of sp³-hybridized carbons (Fsp3) is 0.182. The van der Waals surface area contributed by atoms with Gasteiger partial charge in [-0.15, -0.1) is 0 Å². The molecule has 3 rings (SSSR count). The standard InChI is InChI=1S/C22H24N2O2S/c1-17-12-14-20(15-13-17)27(25,26)24-22(19-10-6-3-7-11-19)16-21(23)18-8-4-2-5-9-18/h2-15,21-22,24H,16,23H2,1H3/t21-,22+/m1/s1. The highest BCUT2D eigenvalue weighted by molar-refractivity contribution is 7.89. The Morgan fingerprint density at radius 2 is 1.33 bits per heavy atom. The fourth-order valence-electron chi connectivity index (χ4n) is 3.00. The molecule has 0 saturated heterocycles. The molecule has 3 N–H and O–H groups in total. The smallest absolute Gasteiger partial charge is 0.241 e. The van der Waals surface area contributed by atoms with Crippen LogP contribution in [0.4, 0.5) is 0 Å². The molecule has 0 aromatic heterocycles. The van der Waals surface area contributed by atoms with Gasteiger partial charge in [0.15, 0.2) is 0 Å². The van der Waals surface area contributed by atoms with Crippen molar-refractivity contribution in [3.63, 3.8) is 0 Å². The average Bonchev–Trinajstić information content (AvgIpc) is 2.69. The second kappa shape index (κ2) is 8.48. The zero-order valence-electron chi connectivity index (χ0n) is 15.2. The summed E-state index contributed by atoms with van der Waals surface area (Å²) in [6, 6.07) is 25.4. The van der Waals surface area contributed by atoms with Gasteiger partial charge in [0, 0.05) is 12.1 Å². The number of aryl methyl sites for hydroxylation is 1. The molecular formula is C22H24N2O2S. The highest BCUT2D eigenvalue weighted by Gasteiger charge is 2.23. The zero-order chi connectivity index (χ0) is 19.3. The monoisotopic (exact) mass is 380 g/mol. The first-order valence-electron chi connectivity index (χ1n) is 8.90. The van der Waals surface area contributed by atoms with Gasteiger partial charge in [0.05, 0.1) is 4.90 Å². The van der Waals surface area contributed by atoms with Gasteiger partial charge in [0.1, 0.15) is 0 Å². The lowest BCUT2D eigenvalue weighted by Gasteiger charge is -2.23. The van der Waals surface area contributed by atoms with Gasteiger partial charge in [-0.3, -0.25) is 0 Å². The van der Waals surface area contributed by atoms with Crippen molar-refractivity contribution < 1.29 is 8.42 Å². The summed E-state index contributed by atoms with van der Waals surface area (Å²) in [5.74, 6) is 0. The summed E-state index contributed by atoms with van der Waals surface area (Å²) < 4.78 is 28.6. The molecule has 4 nitrogen and oxygen atoms in total. The minimum atomic E-state index is -3.66. The van der Waals surface area contributed by atoms with Crippen molar-refractivity contribution in [1.29, 1.82) is 0 Å². The van der Waals surface area contributed by atoms with Gasteiger partial charge in [-0.25, -0.2) is 13.1 Å². The number of nitrogens with two attached hydrogens (primary N) is 1. The summed E-state index contributed by atoms with van der Waals surface area (Å²) in [5, 5.41) is 0. The van der Waals surface area contributed by atoms with Crippen molar-refractivity contribution in [3.05, 3.63) is 102 Å². The molecule has 3 aromatic carbocycles. The van der Waals surface area contributed by atoms with Gasteiger partial charge in [-0.05, 0) is 36.6 Å². The molecule has 0 aliphatic rings. The molecule has 0 saturated carbocycles. The van der Waals surface area contributed by atoms with Crippen molar-refractivity contribution >= 4 is 10.0 Å². The van der Waals surface area contributed by atoms with E-state index in [-0.39, 0.29) is 10.9 Å². The minimum absolute atomic E-state index is 0.252. The van der Waals surface area contributed by atoms with Gasteiger partial charge in [0.2, 0.25) is 10.0 Å². The fourth-order valence-corrected chi connectivity index (χ4v) is 4.24. The van der Waals surface area contributed by atoms with E-state index in [2.05, 4.69) is 4.72 Å². The maximum atomic E-state index is 12.9. The normalized spacial score (nSPS) is 13.9. The van der Waals surface area contributed by atoms with Gasteiger partial charge < -0.3 is 5.73 Å². The molecule has 27 heavy (non-hydrogen) atoms. The summed E-state index contributed by atoms with van der Waals surface area (Å²) in [4.78, 5) is 0.252. The Morgan fingerprint density at radius 1 is 0.815 bits per heavy atom. The van der Waals surface area contributed by atoms with E-state index < -0.39 is 16.1 Å². The van der Waals surface area contributed by atoms with Crippen LogP contribution in [0.1, 0.15) is 35.2 Å². The van der Waals surface area contributed by atoms with E-state index in [1.54, 1.807) is 24.3 Å². The average molecular weight is 381 g/mol. The lowest BCUT2D eigenvalue weighted by molar-refractivity contribution is 0.502. The van der Waals surface area contributed by atoms with Crippen LogP contribution in [-0.4, -0.2) is 8.42 Å². The number of hydrogen-bond donors (Lipinski definition) is 2. The lowest BCUT2D eigenvalue weighted by Crippen LogP contribution is -2.31. The Kier molecular flexibility index (Phi) is 6.06. The second-order valence-electron chi connectivity index (χ2n) is 6.65. The third-order valence-electron chi connectivity index (χ3n) is 4.55. The van der Waals surface area contributed by atoms with Crippen LogP contribution < -0.4 is 10.5 Å². The highest BCUT2D eigenvalue weighted by atomic mass is 32.2. The van der Waals surface area contributed by atoms with E-state index in [1.165, 1.54) is 0 Å². The largest absolute Gasteiger partial charge is 0.324 e. The Morgan fingerprint density at radius 3 is 1.89 bits per heavy atom. The van der Waals surface area contributed by atoms with Crippen LogP contribution in [0.2, 0.25) is 0 Å². The van der Waals surface area contributed by atoms with E-state index >= 15 is 0 Å². The maximum absolute atomic E-state index is 12.9. The maximum Gasteiger partial charge on any atom is 0.241 e. The summed E-state index contributed by atoms with van der Waals surface area (Å²) in [6.07, 6.45) is 0.457. The molecule has 0 aliphatic carbocycles. The van der Waals surface area contributed by atoms with Gasteiger partial charge in [-0.2, -0.15) is 0 Å². The van der Waals surface area contributed by atoms with Crippen molar-refractivity contribution in [1.82, 2.24) is 4.72 Å². The summed E-state index contributed by atoms with van der Waals surface area (Å²) in [6.45, 7) is 1.93. The van der Waals surface area contributed by atoms with Crippen LogP contribution in [0.5, 0.6) is 0 Å². The number of nitrogens with one attached hydrogen (secondary N) is 1. The van der Waals surface area contributed by atoms with Crippen LogP contribution in [0.15, 0.2) is 89.8 Å². The van der Waals surface area contributed by atoms with Crippen molar-refractivity contribution in [2.24, 2.45) is 5.73 Å². The molecule has 2 atom stereocenters. The first-order valence-corrected chi connectivity index (χ1v) is 10.4. The molecule has 0 bridgehead atoms. The molecule has 0 aliphatic heterocycles. The molecular weight excluding hydrogens is 356 g/mol. The van der Waals surface area contributed by atoms with Crippen molar-refractivity contribution in [2.45, 2.75) is 30.3 Å². The van der Waals surface area contributed by atoms with Crippen molar-refractivity contribution in [3.8, 4) is 0 Å². The van der Waals surface area contributed by atoms with E-state index in [9.17, 15) is 8.42 Å². The van der Waals surface area contributed by atoms with Crippen LogP contribution in [0.25, 0.3) is 0 Å². The molecule has 0 unspecified atom stereocenters. The number of benzene rings is 3. The van der Waals surface area contributed by atoms with Gasteiger partial charge >= 0.3 is 0 Å². The Bertz CT molecular complexity index is 956. The highest BCUT2D eigenvalue weighted by Crippen LogP contribution is 2.27. The quantitative estimate of drug-likeness (QED) is 0.648. The van der Waals surface area contributed by atoms with Gasteiger partial charge in [-0.1, -0.05) is 78.4 Å². The molecule has 140 valence electrons. The minimum Gasteiger partial charge on any atom is -0.324 e. The topological polar surface area (TPSA) is 72.2 Å². The molecule has 0 heterocycles. The molecule has 3 aromatic rings. The van der Waals surface area contributed by atoms with E-state index in [4.69, 9.17) is 5.73 Å². The Labute approximate surface area is 161 Å². The van der Waals surface area contributed by atoms with Crippen LogP contribution in [-0.2, 0) is 10.0 Å². The summed E-state index contributed by atoms with van der Waals surface area (Å²) in [5.41, 5.74) is 9.26. The number of hydrogen-bond acceptors (Lipinski definition) is 3. The van der Waals surface area contributed by atoms with Crippen molar-refractivity contribution in [2.75, 3.05) is 0 Å². The summed E-state index contributed by atoms with van der Waals surface area (Å²) >= 11 is 0. The number of rotatable bonds is 7. The first-order chi connectivity index (χ1) is 13.0. The van der Waals surface area contributed by atoms with Gasteiger partial charge in [0.25, 0.3) is 0 Å².